The van der Waals surface area contributed by atoms with Gasteiger partial charge in [-0.05, 0) is 13.3 Å². The Morgan fingerprint density at radius 2 is 1.68 bits per heavy atom. The van der Waals surface area contributed by atoms with Gasteiger partial charge < -0.3 is 24.8 Å². The molecule has 0 aromatic carbocycles. The Morgan fingerprint density at radius 1 is 1.05 bits per heavy atom. The van der Waals surface area contributed by atoms with E-state index in [1.165, 1.54) is 32.6 Å². The van der Waals surface area contributed by atoms with Gasteiger partial charge in [-0.1, -0.05) is 39.0 Å². The summed E-state index contributed by atoms with van der Waals surface area (Å²) in [4.78, 5) is 0. The van der Waals surface area contributed by atoms with Crippen LogP contribution in [-0.2, 0) is 9.47 Å². The minimum absolute atomic E-state index is 0.507. The van der Waals surface area contributed by atoms with Crippen LogP contribution >= 0.6 is 0 Å². The maximum atomic E-state index is 9.74. The van der Waals surface area contributed by atoms with Crippen LogP contribution in [0.15, 0.2) is 0 Å². The Bertz CT molecular complexity index is 234. The summed E-state index contributed by atoms with van der Waals surface area (Å²) in [5.41, 5.74) is 0. The molecule has 1 fully saturated rings. The van der Waals surface area contributed by atoms with Crippen molar-refractivity contribution in [2.45, 2.75) is 83.1 Å². The summed E-state index contributed by atoms with van der Waals surface area (Å²) in [5.74, 6) is 0. The minimum Gasteiger partial charge on any atom is -0.391 e. The first-order chi connectivity index (χ1) is 9.07. The number of rotatable bonds is 9. The quantitative estimate of drug-likeness (QED) is 0.551. The van der Waals surface area contributed by atoms with Gasteiger partial charge in [0.1, 0.15) is 18.3 Å². The van der Waals surface area contributed by atoms with E-state index in [-0.39, 0.29) is 0 Å². The van der Waals surface area contributed by atoms with Crippen molar-refractivity contribution in [3.8, 4) is 0 Å². The molecule has 0 spiro atoms. The average Bonchev–Trinajstić information content (AvgIpc) is 2.66. The van der Waals surface area contributed by atoms with E-state index in [4.69, 9.17) is 9.47 Å². The highest BCUT2D eigenvalue weighted by Crippen LogP contribution is 2.24. The van der Waals surface area contributed by atoms with Gasteiger partial charge in [0.05, 0.1) is 6.10 Å². The van der Waals surface area contributed by atoms with Crippen molar-refractivity contribution in [2.75, 3.05) is 6.61 Å². The number of ether oxygens (including phenoxy) is 2. The van der Waals surface area contributed by atoms with Gasteiger partial charge in [0.25, 0.3) is 0 Å². The topological polar surface area (TPSA) is 79.2 Å². The van der Waals surface area contributed by atoms with Gasteiger partial charge >= 0.3 is 0 Å². The summed E-state index contributed by atoms with van der Waals surface area (Å²) in [6, 6.07) is 0. The third kappa shape index (κ3) is 5.36. The number of aliphatic hydroxyl groups excluding tert-OH is 3. The van der Waals surface area contributed by atoms with Gasteiger partial charge in [0.2, 0.25) is 0 Å². The third-order valence-corrected chi connectivity index (χ3v) is 3.51. The lowest BCUT2D eigenvalue weighted by molar-refractivity contribution is -0.176. The van der Waals surface area contributed by atoms with Crippen molar-refractivity contribution in [1.29, 1.82) is 0 Å². The van der Waals surface area contributed by atoms with Gasteiger partial charge in [-0.15, -0.1) is 0 Å². The third-order valence-electron chi connectivity index (χ3n) is 3.51. The van der Waals surface area contributed by atoms with Crippen LogP contribution < -0.4 is 0 Å². The zero-order valence-electron chi connectivity index (χ0n) is 12.0. The van der Waals surface area contributed by atoms with Gasteiger partial charge in [-0.3, -0.25) is 0 Å². The molecule has 0 radical (unpaired) electrons. The maximum absolute atomic E-state index is 9.74. The monoisotopic (exact) mass is 276 g/mol. The van der Waals surface area contributed by atoms with E-state index in [1.807, 2.05) is 0 Å². The lowest BCUT2D eigenvalue weighted by Crippen LogP contribution is -2.37. The molecule has 1 aliphatic heterocycles. The van der Waals surface area contributed by atoms with Crippen LogP contribution in [0.5, 0.6) is 0 Å². The normalized spacial score (nSPS) is 32.7. The van der Waals surface area contributed by atoms with Crippen molar-refractivity contribution in [3.05, 3.63) is 0 Å². The first-order valence-electron chi connectivity index (χ1n) is 7.39. The molecule has 0 aromatic rings. The molecule has 0 saturated carbocycles. The molecule has 1 aliphatic rings. The highest BCUT2D eigenvalue weighted by Gasteiger charge is 2.45. The predicted molar refractivity (Wildman–Crippen MR) is 71.7 cm³/mol. The molecule has 0 unspecified atom stereocenters. The summed E-state index contributed by atoms with van der Waals surface area (Å²) >= 11 is 0. The molecule has 0 bridgehead atoms. The molecular formula is C14H28O5. The van der Waals surface area contributed by atoms with Crippen LogP contribution in [0, 0.1) is 0 Å². The molecule has 0 aromatic heterocycles. The Balaban J connectivity index is 2.13. The molecule has 3 N–H and O–H groups in total. The molecule has 5 atom stereocenters. The highest BCUT2D eigenvalue weighted by atomic mass is 16.7. The summed E-state index contributed by atoms with van der Waals surface area (Å²) < 4.78 is 10.7. The molecule has 5 heteroatoms. The van der Waals surface area contributed by atoms with Crippen molar-refractivity contribution in [1.82, 2.24) is 0 Å². The summed E-state index contributed by atoms with van der Waals surface area (Å²) in [6.45, 7) is 4.22. The summed E-state index contributed by atoms with van der Waals surface area (Å²) in [6.07, 6.45) is 2.38. The second-order valence-electron chi connectivity index (χ2n) is 5.33. The van der Waals surface area contributed by atoms with E-state index >= 15 is 0 Å². The second-order valence-corrected chi connectivity index (χ2v) is 5.33. The van der Waals surface area contributed by atoms with Crippen LogP contribution in [0.3, 0.4) is 0 Å². The molecule has 19 heavy (non-hydrogen) atoms. The Kier molecular flexibility index (Phi) is 7.87. The van der Waals surface area contributed by atoms with Crippen molar-refractivity contribution in [2.24, 2.45) is 0 Å². The predicted octanol–water partition coefficient (Wildman–Crippen LogP) is 1.19. The lowest BCUT2D eigenvalue weighted by atomic mass is 10.1. The summed E-state index contributed by atoms with van der Waals surface area (Å²) in [5, 5.41) is 28.8. The molecular weight excluding hydrogens is 248 g/mol. The lowest BCUT2D eigenvalue weighted by Gasteiger charge is -2.16. The van der Waals surface area contributed by atoms with E-state index in [2.05, 4.69) is 6.92 Å². The molecule has 0 aliphatic carbocycles. The Morgan fingerprint density at radius 3 is 2.26 bits per heavy atom. The first kappa shape index (κ1) is 16.9. The largest absolute Gasteiger partial charge is 0.391 e. The minimum atomic E-state index is -1.09. The SMILES string of the molecule is CCCCCCCCO[C@@H]1O[C@@H]([C@@H](C)O)[C@H](O)[C@H]1O. The first-order valence-corrected chi connectivity index (χ1v) is 7.39. The smallest absolute Gasteiger partial charge is 0.186 e. The molecule has 1 rings (SSSR count). The van der Waals surface area contributed by atoms with Crippen molar-refractivity contribution >= 4 is 0 Å². The molecule has 1 heterocycles. The second kappa shape index (κ2) is 8.87. The summed E-state index contributed by atoms with van der Waals surface area (Å²) in [7, 11) is 0. The van der Waals surface area contributed by atoms with Crippen molar-refractivity contribution in [3.63, 3.8) is 0 Å². The Labute approximate surface area is 115 Å². The Hall–Kier alpha value is -0.200. The van der Waals surface area contributed by atoms with E-state index in [9.17, 15) is 15.3 Å². The fraction of sp³-hybridized carbons (Fsp3) is 1.00. The number of hydrogen-bond acceptors (Lipinski definition) is 5. The highest BCUT2D eigenvalue weighted by molar-refractivity contribution is 4.89. The van der Waals surface area contributed by atoms with Crippen LogP contribution in [-0.4, -0.2) is 52.6 Å². The molecule has 1 saturated heterocycles. The van der Waals surface area contributed by atoms with Crippen LogP contribution in [0.1, 0.15) is 52.4 Å². The molecule has 114 valence electrons. The van der Waals surface area contributed by atoms with E-state index in [1.54, 1.807) is 0 Å². The van der Waals surface area contributed by atoms with Gasteiger partial charge in [0, 0.05) is 6.61 Å². The zero-order valence-corrected chi connectivity index (χ0v) is 12.0. The van der Waals surface area contributed by atoms with Gasteiger partial charge in [-0.25, -0.2) is 0 Å². The number of unbranched alkanes of at least 4 members (excludes halogenated alkanes) is 5. The van der Waals surface area contributed by atoms with Crippen LogP contribution in [0.2, 0.25) is 0 Å². The van der Waals surface area contributed by atoms with E-state index < -0.39 is 30.7 Å². The van der Waals surface area contributed by atoms with E-state index in [0.29, 0.717) is 6.61 Å². The average molecular weight is 276 g/mol. The zero-order chi connectivity index (χ0) is 14.3. The number of aliphatic hydroxyl groups is 3. The maximum Gasteiger partial charge on any atom is 0.186 e. The van der Waals surface area contributed by atoms with Crippen LogP contribution in [0.4, 0.5) is 0 Å². The van der Waals surface area contributed by atoms with Gasteiger partial charge in [-0.2, -0.15) is 0 Å². The van der Waals surface area contributed by atoms with Gasteiger partial charge in [0.15, 0.2) is 6.29 Å². The fourth-order valence-electron chi connectivity index (χ4n) is 2.29. The number of hydrogen-bond donors (Lipinski definition) is 3. The van der Waals surface area contributed by atoms with E-state index in [0.717, 1.165) is 12.8 Å². The standard InChI is InChI=1S/C14H28O5/c1-3-4-5-6-7-8-9-18-14-12(17)11(16)13(19-14)10(2)15/h10-17H,3-9H2,1-2H3/t10-,11-,12-,13+,14-/m1/s1. The molecule has 0 amide bonds. The van der Waals surface area contributed by atoms with Crippen LogP contribution in [0.25, 0.3) is 0 Å². The fourth-order valence-corrected chi connectivity index (χ4v) is 2.29. The molecule has 5 nitrogen and oxygen atoms in total. The van der Waals surface area contributed by atoms with Crippen molar-refractivity contribution < 1.29 is 24.8 Å².